The molecule has 0 unspecified atom stereocenters. The lowest BCUT2D eigenvalue weighted by atomic mass is 9.88. The molecule has 4 aromatic rings. The molecule has 36 heavy (non-hydrogen) atoms. The monoisotopic (exact) mass is 498 g/mol. The second kappa shape index (κ2) is 10.2. The van der Waals surface area contributed by atoms with Gasteiger partial charge in [-0.25, -0.2) is 9.78 Å². The number of aromatic nitrogens is 1. The lowest BCUT2D eigenvalue weighted by Crippen LogP contribution is -2.17. The average molecular weight is 499 g/mol. The molecule has 1 aliphatic carbocycles. The zero-order valence-corrected chi connectivity index (χ0v) is 21.7. The summed E-state index contributed by atoms with van der Waals surface area (Å²) in [5.41, 5.74) is 5.79. The number of fused-ring (bicyclic) bond motifs is 2. The van der Waals surface area contributed by atoms with E-state index >= 15 is 0 Å². The number of carbonyl (C=O) groups excluding carboxylic acids is 2. The van der Waals surface area contributed by atoms with Crippen LogP contribution >= 0.6 is 11.3 Å². The van der Waals surface area contributed by atoms with Gasteiger partial charge in [-0.2, -0.15) is 0 Å². The summed E-state index contributed by atoms with van der Waals surface area (Å²) in [6.07, 6.45) is 3.73. The molecular formula is C30H30N2O3S. The van der Waals surface area contributed by atoms with Crippen molar-refractivity contribution in [2.75, 3.05) is 11.9 Å². The Morgan fingerprint density at radius 2 is 1.89 bits per heavy atom. The number of nitrogens with one attached hydrogen (secondary N) is 1. The van der Waals surface area contributed by atoms with Gasteiger partial charge in [-0.15, -0.1) is 11.3 Å². The molecule has 1 N–H and O–H groups in total. The van der Waals surface area contributed by atoms with Crippen molar-refractivity contribution in [3.8, 4) is 11.3 Å². The van der Waals surface area contributed by atoms with Gasteiger partial charge >= 0.3 is 5.97 Å². The van der Waals surface area contributed by atoms with Gasteiger partial charge in [-0.1, -0.05) is 56.3 Å². The van der Waals surface area contributed by atoms with Gasteiger partial charge in [-0.05, 0) is 61.8 Å². The molecule has 1 aliphatic rings. The van der Waals surface area contributed by atoms with Gasteiger partial charge in [0.2, 0.25) is 0 Å². The first kappa shape index (κ1) is 24.2. The summed E-state index contributed by atoms with van der Waals surface area (Å²) in [5, 5.41) is 4.43. The molecule has 1 amide bonds. The SMILES string of the molecule is CCOC(=O)c1c(NC(=O)c2cc(-c3ccc(CC)cc3)nc3ccccc23)sc2c1CC[C@@H](C)C2. The van der Waals surface area contributed by atoms with Crippen LogP contribution in [0.3, 0.4) is 0 Å². The van der Waals surface area contributed by atoms with Crippen LogP contribution in [0, 0.1) is 5.92 Å². The molecule has 5 rings (SSSR count). The highest BCUT2D eigenvalue weighted by Gasteiger charge is 2.29. The maximum Gasteiger partial charge on any atom is 0.341 e. The molecule has 0 spiro atoms. The van der Waals surface area contributed by atoms with Gasteiger partial charge in [0.1, 0.15) is 5.00 Å². The Morgan fingerprint density at radius 1 is 1.11 bits per heavy atom. The van der Waals surface area contributed by atoms with Crippen molar-refractivity contribution in [2.45, 2.75) is 46.5 Å². The summed E-state index contributed by atoms with van der Waals surface area (Å²) < 4.78 is 5.38. The van der Waals surface area contributed by atoms with E-state index in [1.165, 1.54) is 21.8 Å². The molecule has 2 aromatic carbocycles. The number of hydrogen-bond donors (Lipinski definition) is 1. The van der Waals surface area contributed by atoms with Gasteiger partial charge in [0.15, 0.2) is 0 Å². The Labute approximate surface area is 215 Å². The maximum absolute atomic E-state index is 13.7. The Morgan fingerprint density at radius 3 is 2.64 bits per heavy atom. The zero-order valence-electron chi connectivity index (χ0n) is 20.9. The molecule has 184 valence electrons. The van der Waals surface area contributed by atoms with Crippen LogP contribution in [0.4, 0.5) is 5.00 Å². The molecule has 0 radical (unpaired) electrons. The number of aryl methyl sites for hydroxylation is 1. The van der Waals surface area contributed by atoms with Crippen LogP contribution in [0.15, 0.2) is 54.6 Å². The van der Waals surface area contributed by atoms with E-state index in [1.807, 2.05) is 42.5 Å². The number of anilines is 1. The number of hydrogen-bond acceptors (Lipinski definition) is 5. The van der Waals surface area contributed by atoms with Crippen LogP contribution in [-0.4, -0.2) is 23.5 Å². The number of nitrogens with zero attached hydrogens (tertiary/aromatic N) is 1. The van der Waals surface area contributed by atoms with Crippen LogP contribution in [0.1, 0.15) is 63.9 Å². The number of thiophene rings is 1. The lowest BCUT2D eigenvalue weighted by molar-refractivity contribution is 0.0526. The van der Waals surface area contributed by atoms with Gasteiger partial charge in [0.05, 0.1) is 28.9 Å². The summed E-state index contributed by atoms with van der Waals surface area (Å²) in [6.45, 7) is 6.44. The van der Waals surface area contributed by atoms with Crippen LogP contribution in [0.25, 0.3) is 22.2 Å². The van der Waals surface area contributed by atoms with E-state index < -0.39 is 0 Å². The fourth-order valence-electron chi connectivity index (χ4n) is 4.85. The normalized spacial score (nSPS) is 14.9. The fraction of sp³-hybridized carbons (Fsp3) is 0.300. The third-order valence-electron chi connectivity index (χ3n) is 6.84. The molecule has 6 heteroatoms. The molecule has 1 atom stereocenters. The molecule has 0 aliphatic heterocycles. The lowest BCUT2D eigenvalue weighted by Gasteiger charge is -2.18. The molecule has 2 aromatic heterocycles. The molecule has 2 heterocycles. The van der Waals surface area contributed by atoms with Gasteiger partial charge in [0, 0.05) is 15.8 Å². The Balaban J connectivity index is 1.56. The topological polar surface area (TPSA) is 68.3 Å². The first-order chi connectivity index (χ1) is 17.5. The molecule has 0 saturated carbocycles. The van der Waals surface area contributed by atoms with E-state index in [9.17, 15) is 9.59 Å². The predicted octanol–water partition coefficient (Wildman–Crippen LogP) is 7.08. The van der Waals surface area contributed by atoms with Crippen molar-refractivity contribution < 1.29 is 14.3 Å². The Bertz CT molecular complexity index is 1440. The number of ether oxygens (including phenoxy) is 1. The number of pyridine rings is 1. The first-order valence-electron chi connectivity index (χ1n) is 12.6. The third kappa shape index (κ3) is 4.65. The van der Waals surface area contributed by atoms with Gasteiger partial charge in [-0.3, -0.25) is 4.79 Å². The van der Waals surface area contributed by atoms with E-state index in [0.717, 1.165) is 53.4 Å². The molecule has 5 nitrogen and oxygen atoms in total. The van der Waals surface area contributed by atoms with E-state index in [-0.39, 0.29) is 11.9 Å². The van der Waals surface area contributed by atoms with Crippen molar-refractivity contribution >= 4 is 39.1 Å². The van der Waals surface area contributed by atoms with E-state index in [0.29, 0.717) is 28.7 Å². The smallest absolute Gasteiger partial charge is 0.341 e. The van der Waals surface area contributed by atoms with Crippen LogP contribution < -0.4 is 5.32 Å². The van der Waals surface area contributed by atoms with Crippen LogP contribution in [0.2, 0.25) is 0 Å². The van der Waals surface area contributed by atoms with Crippen molar-refractivity contribution in [3.05, 3.63) is 81.7 Å². The highest BCUT2D eigenvalue weighted by atomic mass is 32.1. The molecular weight excluding hydrogens is 468 g/mol. The quantitative estimate of drug-likeness (QED) is 0.288. The first-order valence-corrected chi connectivity index (χ1v) is 13.4. The van der Waals surface area contributed by atoms with Crippen molar-refractivity contribution in [2.24, 2.45) is 5.92 Å². The zero-order chi connectivity index (χ0) is 25.2. The van der Waals surface area contributed by atoms with E-state index in [1.54, 1.807) is 6.92 Å². The number of carbonyl (C=O) groups is 2. The summed E-state index contributed by atoms with van der Waals surface area (Å²) in [4.78, 5) is 32.7. The number of para-hydroxylation sites is 1. The van der Waals surface area contributed by atoms with Crippen molar-refractivity contribution in [3.63, 3.8) is 0 Å². The molecule has 0 bridgehead atoms. The highest BCUT2D eigenvalue weighted by Crippen LogP contribution is 2.40. The summed E-state index contributed by atoms with van der Waals surface area (Å²) in [6, 6.07) is 17.8. The maximum atomic E-state index is 13.7. The average Bonchev–Trinajstić information content (AvgIpc) is 3.24. The third-order valence-corrected chi connectivity index (χ3v) is 8.01. The largest absolute Gasteiger partial charge is 0.462 e. The second-order valence-corrected chi connectivity index (χ2v) is 10.5. The van der Waals surface area contributed by atoms with Crippen molar-refractivity contribution in [1.29, 1.82) is 0 Å². The van der Waals surface area contributed by atoms with Gasteiger partial charge < -0.3 is 10.1 Å². The number of esters is 1. The number of amides is 1. The van der Waals surface area contributed by atoms with Crippen LogP contribution in [0.5, 0.6) is 0 Å². The minimum atomic E-state index is -0.365. The Hall–Kier alpha value is -3.51. The second-order valence-electron chi connectivity index (χ2n) is 9.35. The summed E-state index contributed by atoms with van der Waals surface area (Å²) in [5.74, 6) is -0.0612. The van der Waals surface area contributed by atoms with Gasteiger partial charge in [0.25, 0.3) is 5.91 Å². The van der Waals surface area contributed by atoms with Crippen LogP contribution in [-0.2, 0) is 24.0 Å². The predicted molar refractivity (Wildman–Crippen MR) is 146 cm³/mol. The minimum absolute atomic E-state index is 0.253. The van der Waals surface area contributed by atoms with E-state index in [2.05, 4.69) is 31.3 Å². The Kier molecular flexibility index (Phi) is 6.88. The fourth-order valence-corrected chi connectivity index (χ4v) is 6.24. The highest BCUT2D eigenvalue weighted by molar-refractivity contribution is 7.17. The molecule has 0 saturated heterocycles. The van der Waals surface area contributed by atoms with Crippen molar-refractivity contribution in [1.82, 2.24) is 4.98 Å². The summed E-state index contributed by atoms with van der Waals surface area (Å²) in [7, 11) is 0. The molecule has 0 fully saturated rings. The minimum Gasteiger partial charge on any atom is -0.462 e. The standard InChI is InChI=1S/C30H30N2O3S/c1-4-19-11-13-20(14-12-19)25-17-23(21-8-6-7-9-24(21)31-25)28(33)32-29-27(30(34)35-5-2)22-15-10-18(3)16-26(22)36-29/h6-9,11-14,17-18H,4-5,10,15-16H2,1-3H3,(H,32,33)/t18-/m1/s1. The summed E-state index contributed by atoms with van der Waals surface area (Å²) >= 11 is 1.50. The van der Waals surface area contributed by atoms with E-state index in [4.69, 9.17) is 9.72 Å². The number of rotatable bonds is 6. The number of benzene rings is 2.